The van der Waals surface area contributed by atoms with Crippen LogP contribution in [0.5, 0.6) is 23.0 Å². The van der Waals surface area contributed by atoms with E-state index in [0.29, 0.717) is 31.9 Å². The Kier molecular flexibility index (Phi) is 8.72. The van der Waals surface area contributed by atoms with E-state index in [2.05, 4.69) is 4.99 Å². The molecule has 11 nitrogen and oxygen atoms in total. The Morgan fingerprint density at radius 3 is 2.15 bits per heavy atom. The number of allylic oxidation sites excluding steroid dienone is 1. The summed E-state index contributed by atoms with van der Waals surface area (Å²) >= 11 is 1.15. The number of hydrogen-bond acceptors (Lipinski definition) is 11. The molecule has 0 spiro atoms. The zero-order valence-corrected chi connectivity index (χ0v) is 24.1. The molecule has 0 saturated heterocycles. The number of aromatic nitrogens is 1. The molecule has 0 amide bonds. The van der Waals surface area contributed by atoms with Gasteiger partial charge in [-0.05, 0) is 55.3 Å². The van der Waals surface area contributed by atoms with Crippen LogP contribution in [0.25, 0.3) is 6.08 Å². The first-order valence-corrected chi connectivity index (χ1v) is 13.3. The zero-order valence-electron chi connectivity index (χ0n) is 23.3. The highest BCUT2D eigenvalue weighted by atomic mass is 32.1. The Balaban J connectivity index is 1.91. The van der Waals surface area contributed by atoms with Gasteiger partial charge in [-0.25, -0.2) is 9.79 Å². The average molecular weight is 581 g/mol. The molecule has 41 heavy (non-hydrogen) atoms. The molecule has 0 fully saturated rings. The molecule has 12 heteroatoms. The van der Waals surface area contributed by atoms with E-state index in [9.17, 15) is 19.2 Å². The lowest BCUT2D eigenvalue weighted by Gasteiger charge is -2.25. The molecule has 1 aliphatic heterocycles. The molecule has 0 bridgehead atoms. The maximum absolute atomic E-state index is 13.9. The molecule has 0 unspecified atom stereocenters. The molecular formula is C29H28N2O9S. The van der Waals surface area contributed by atoms with Crippen LogP contribution in [0.3, 0.4) is 0 Å². The van der Waals surface area contributed by atoms with Gasteiger partial charge < -0.3 is 23.7 Å². The highest BCUT2D eigenvalue weighted by Gasteiger charge is 2.34. The topological polar surface area (TPSA) is 132 Å². The molecule has 1 aliphatic rings. The molecule has 214 valence electrons. The van der Waals surface area contributed by atoms with Crippen molar-refractivity contribution in [3.63, 3.8) is 0 Å². The minimum absolute atomic E-state index is 0.132. The highest BCUT2D eigenvalue weighted by molar-refractivity contribution is 7.07. The number of ether oxygens (including phenoxy) is 5. The van der Waals surface area contributed by atoms with Crippen LogP contribution in [0.1, 0.15) is 44.9 Å². The van der Waals surface area contributed by atoms with E-state index in [-0.39, 0.29) is 35.0 Å². The quantitative estimate of drug-likeness (QED) is 0.291. The third-order valence-electron chi connectivity index (χ3n) is 6.01. The number of methoxy groups -OCH3 is 2. The van der Waals surface area contributed by atoms with Gasteiger partial charge in [-0.3, -0.25) is 19.0 Å². The van der Waals surface area contributed by atoms with Gasteiger partial charge in [-0.15, -0.1) is 0 Å². The molecule has 2 aromatic carbocycles. The van der Waals surface area contributed by atoms with Crippen molar-refractivity contribution >= 4 is 35.3 Å². The molecule has 0 N–H and O–H groups in total. The second-order valence-electron chi connectivity index (χ2n) is 8.81. The molecular weight excluding hydrogens is 552 g/mol. The summed E-state index contributed by atoms with van der Waals surface area (Å²) in [6, 6.07) is 8.81. The molecule has 2 heterocycles. The van der Waals surface area contributed by atoms with E-state index in [1.54, 1.807) is 56.3 Å². The van der Waals surface area contributed by atoms with Crippen molar-refractivity contribution in [3.8, 4) is 23.0 Å². The Bertz CT molecular complexity index is 1750. The van der Waals surface area contributed by atoms with Gasteiger partial charge in [-0.2, -0.15) is 0 Å². The van der Waals surface area contributed by atoms with Crippen molar-refractivity contribution in [2.24, 2.45) is 4.99 Å². The van der Waals surface area contributed by atoms with E-state index in [4.69, 9.17) is 23.7 Å². The van der Waals surface area contributed by atoms with Gasteiger partial charge in [0, 0.05) is 13.8 Å². The van der Waals surface area contributed by atoms with Gasteiger partial charge in [0.15, 0.2) is 27.8 Å². The molecule has 0 aliphatic carbocycles. The summed E-state index contributed by atoms with van der Waals surface area (Å²) in [4.78, 5) is 54.9. The number of hydrogen-bond donors (Lipinski definition) is 0. The number of fused-ring (bicyclic) bond motifs is 1. The van der Waals surface area contributed by atoms with Crippen LogP contribution in [0.15, 0.2) is 57.5 Å². The van der Waals surface area contributed by atoms with Gasteiger partial charge in [0.25, 0.3) is 5.56 Å². The van der Waals surface area contributed by atoms with Gasteiger partial charge >= 0.3 is 17.9 Å². The van der Waals surface area contributed by atoms with Crippen LogP contribution in [0.2, 0.25) is 0 Å². The highest BCUT2D eigenvalue weighted by Crippen LogP contribution is 2.36. The van der Waals surface area contributed by atoms with E-state index in [0.717, 1.165) is 11.3 Å². The summed E-state index contributed by atoms with van der Waals surface area (Å²) in [5.74, 6) is -0.612. The second kappa shape index (κ2) is 12.2. The first kappa shape index (κ1) is 29.3. The fourth-order valence-corrected chi connectivity index (χ4v) is 5.41. The Hall–Kier alpha value is -4.71. The molecule has 0 radical (unpaired) electrons. The van der Waals surface area contributed by atoms with Crippen molar-refractivity contribution in [1.29, 1.82) is 0 Å². The average Bonchev–Trinajstić information content (AvgIpc) is 3.22. The van der Waals surface area contributed by atoms with Crippen LogP contribution in [-0.2, 0) is 19.1 Å². The van der Waals surface area contributed by atoms with E-state index in [1.165, 1.54) is 32.6 Å². The van der Waals surface area contributed by atoms with Crippen molar-refractivity contribution in [2.75, 3.05) is 20.8 Å². The Morgan fingerprint density at radius 2 is 1.56 bits per heavy atom. The van der Waals surface area contributed by atoms with Crippen molar-refractivity contribution in [1.82, 2.24) is 4.57 Å². The van der Waals surface area contributed by atoms with Crippen molar-refractivity contribution < 1.29 is 38.1 Å². The van der Waals surface area contributed by atoms with Crippen molar-refractivity contribution in [2.45, 2.75) is 33.7 Å². The molecule has 4 rings (SSSR count). The minimum atomic E-state index is -0.895. The molecule has 3 aromatic rings. The predicted molar refractivity (Wildman–Crippen MR) is 149 cm³/mol. The summed E-state index contributed by atoms with van der Waals surface area (Å²) in [6.07, 6.45) is 1.66. The number of rotatable bonds is 8. The standard InChI is InChI=1S/C29H28N2O9S/c1-7-38-28(35)25-15(2)30-29-31(26(25)19-9-11-21(40-17(4)33)23(14-19)37-6)27(34)24(41-29)13-18-8-10-20(39-16(3)32)22(12-18)36-5/h8-14,26H,7H2,1-6H3/b24-13+/t26-/m1/s1. The lowest BCUT2D eigenvalue weighted by molar-refractivity contribution is -0.139. The number of esters is 3. The number of thiazole rings is 1. The minimum Gasteiger partial charge on any atom is -0.493 e. The van der Waals surface area contributed by atoms with Crippen LogP contribution in [0.4, 0.5) is 0 Å². The van der Waals surface area contributed by atoms with E-state index in [1.807, 2.05) is 0 Å². The van der Waals surface area contributed by atoms with Gasteiger partial charge in [0.05, 0.1) is 42.7 Å². The maximum Gasteiger partial charge on any atom is 0.338 e. The Labute approximate surface area is 238 Å². The third kappa shape index (κ3) is 6.07. The van der Waals surface area contributed by atoms with E-state index < -0.39 is 23.9 Å². The first-order chi connectivity index (χ1) is 19.6. The normalized spacial score (nSPS) is 14.6. The molecule has 0 saturated carbocycles. The van der Waals surface area contributed by atoms with Crippen LogP contribution in [0, 0.1) is 0 Å². The predicted octanol–water partition coefficient (Wildman–Crippen LogP) is 2.67. The van der Waals surface area contributed by atoms with Gasteiger partial charge in [0.1, 0.15) is 0 Å². The lowest BCUT2D eigenvalue weighted by atomic mass is 9.95. The summed E-state index contributed by atoms with van der Waals surface area (Å²) < 4.78 is 28.3. The fraction of sp³-hybridized carbons (Fsp3) is 0.276. The number of carbonyl (C=O) groups excluding carboxylic acids is 3. The fourth-order valence-electron chi connectivity index (χ4n) is 4.36. The van der Waals surface area contributed by atoms with Gasteiger partial charge in [-0.1, -0.05) is 23.5 Å². The summed E-state index contributed by atoms with van der Waals surface area (Å²) in [7, 11) is 2.87. The monoisotopic (exact) mass is 580 g/mol. The van der Waals surface area contributed by atoms with E-state index >= 15 is 0 Å². The van der Waals surface area contributed by atoms with Gasteiger partial charge in [0.2, 0.25) is 0 Å². The third-order valence-corrected chi connectivity index (χ3v) is 7.00. The zero-order chi connectivity index (χ0) is 29.8. The van der Waals surface area contributed by atoms with Crippen molar-refractivity contribution in [3.05, 3.63) is 78.5 Å². The smallest absolute Gasteiger partial charge is 0.338 e. The number of benzene rings is 2. The Morgan fingerprint density at radius 1 is 0.951 bits per heavy atom. The number of carbonyl (C=O) groups is 3. The summed E-state index contributed by atoms with van der Waals surface area (Å²) in [5.41, 5.74) is 1.35. The summed E-state index contributed by atoms with van der Waals surface area (Å²) in [5, 5.41) is 0. The number of nitrogens with zero attached hydrogens (tertiary/aromatic N) is 2. The molecule has 1 aromatic heterocycles. The maximum atomic E-state index is 13.9. The largest absolute Gasteiger partial charge is 0.493 e. The first-order valence-electron chi connectivity index (χ1n) is 12.5. The van der Waals surface area contributed by atoms with Crippen LogP contribution >= 0.6 is 11.3 Å². The van der Waals surface area contributed by atoms with Crippen LogP contribution < -0.4 is 33.8 Å². The van der Waals surface area contributed by atoms with Crippen LogP contribution in [-0.4, -0.2) is 43.3 Å². The SMILES string of the molecule is CCOC(=O)C1=C(C)N=c2s/c(=C/c3ccc(OC(C)=O)c(OC)c3)c(=O)n2[C@@H]1c1ccc(OC(C)=O)c(OC)c1. The second-order valence-corrected chi connectivity index (χ2v) is 9.82. The summed E-state index contributed by atoms with van der Waals surface area (Å²) in [6.45, 7) is 6.06. The molecule has 1 atom stereocenters. The lowest BCUT2D eigenvalue weighted by Crippen LogP contribution is -2.40.